The van der Waals surface area contributed by atoms with Gasteiger partial charge in [0.05, 0.1) is 17.3 Å². The number of ether oxygens (including phenoxy) is 1. The Hall–Kier alpha value is -1.76. The van der Waals surface area contributed by atoms with E-state index in [2.05, 4.69) is 11.0 Å². The molecule has 1 heterocycles. The molecule has 0 saturated heterocycles. The van der Waals surface area contributed by atoms with Gasteiger partial charge in [-0.1, -0.05) is 0 Å². The van der Waals surface area contributed by atoms with Gasteiger partial charge in [-0.15, -0.1) is 12.3 Å². The zero-order valence-corrected chi connectivity index (χ0v) is 11.7. The monoisotopic (exact) mass is 260 g/mol. The highest BCUT2D eigenvalue weighted by Gasteiger charge is 2.34. The van der Waals surface area contributed by atoms with Crippen molar-refractivity contribution in [1.29, 1.82) is 0 Å². The van der Waals surface area contributed by atoms with Crippen molar-refractivity contribution in [3.63, 3.8) is 0 Å². The molecule has 1 fully saturated rings. The Bertz CT molecular complexity index is 501. The summed E-state index contributed by atoms with van der Waals surface area (Å²) in [5.41, 5.74) is 0.338. The van der Waals surface area contributed by atoms with Crippen molar-refractivity contribution in [3.05, 3.63) is 18.0 Å². The Balaban J connectivity index is 2.03. The van der Waals surface area contributed by atoms with Gasteiger partial charge in [0.25, 0.3) is 0 Å². The first-order valence-electron chi connectivity index (χ1n) is 6.61. The molecule has 1 atom stereocenters. The van der Waals surface area contributed by atoms with E-state index in [1.165, 1.54) is 0 Å². The normalized spacial score (nSPS) is 16.7. The van der Waals surface area contributed by atoms with E-state index in [0.29, 0.717) is 17.9 Å². The van der Waals surface area contributed by atoms with Gasteiger partial charge >= 0.3 is 5.97 Å². The molecule has 0 amide bonds. The van der Waals surface area contributed by atoms with Gasteiger partial charge in [0.2, 0.25) is 0 Å². The first-order chi connectivity index (χ1) is 8.91. The molecular weight excluding hydrogens is 240 g/mol. The van der Waals surface area contributed by atoms with E-state index in [1.54, 1.807) is 17.1 Å². The molecule has 1 saturated carbocycles. The Labute approximate surface area is 114 Å². The molecule has 2 rings (SSSR count). The van der Waals surface area contributed by atoms with Crippen molar-refractivity contribution in [2.75, 3.05) is 0 Å². The van der Waals surface area contributed by atoms with Crippen molar-refractivity contribution < 1.29 is 9.53 Å². The average molecular weight is 260 g/mol. The molecule has 1 aliphatic rings. The van der Waals surface area contributed by atoms with Gasteiger partial charge in [-0.2, -0.15) is 5.10 Å². The van der Waals surface area contributed by atoms with Crippen LogP contribution in [-0.2, 0) is 10.3 Å². The van der Waals surface area contributed by atoms with Crippen LogP contribution >= 0.6 is 0 Å². The number of carbonyl (C=O) groups is 1. The number of nitrogens with zero attached hydrogens (tertiary/aromatic N) is 2. The maximum atomic E-state index is 12.1. The molecule has 19 heavy (non-hydrogen) atoms. The van der Waals surface area contributed by atoms with Gasteiger partial charge in [-0.05, 0) is 39.5 Å². The Morgan fingerprint density at radius 3 is 2.79 bits per heavy atom. The van der Waals surface area contributed by atoms with Gasteiger partial charge in [0.1, 0.15) is 6.10 Å². The van der Waals surface area contributed by atoms with Gasteiger partial charge in [-0.3, -0.25) is 4.68 Å². The third-order valence-corrected chi connectivity index (χ3v) is 3.23. The third kappa shape index (κ3) is 3.37. The van der Waals surface area contributed by atoms with E-state index in [0.717, 1.165) is 12.8 Å². The number of carbonyl (C=O) groups excluding carboxylic acids is 1. The molecular formula is C15H20N2O2. The van der Waals surface area contributed by atoms with Gasteiger partial charge in [0, 0.05) is 12.6 Å². The second kappa shape index (κ2) is 5.08. The molecule has 1 aromatic rings. The van der Waals surface area contributed by atoms with Crippen LogP contribution in [0.4, 0.5) is 0 Å². The summed E-state index contributed by atoms with van der Waals surface area (Å²) in [6.07, 6.45) is 11.1. The lowest BCUT2D eigenvalue weighted by molar-refractivity contribution is 0.0261. The van der Waals surface area contributed by atoms with E-state index >= 15 is 0 Å². The Kier molecular flexibility index (Phi) is 3.66. The quantitative estimate of drug-likeness (QED) is 0.617. The molecule has 0 aliphatic heterocycles. The summed E-state index contributed by atoms with van der Waals surface area (Å²) in [5, 5.41) is 4.20. The number of terminal acetylenes is 1. The molecule has 0 N–H and O–H groups in total. The van der Waals surface area contributed by atoms with Crippen molar-refractivity contribution in [3.8, 4) is 12.3 Å². The summed E-state index contributed by atoms with van der Waals surface area (Å²) in [4.78, 5) is 12.1. The number of aromatic nitrogens is 2. The smallest absolute Gasteiger partial charge is 0.341 e. The summed E-state index contributed by atoms with van der Waals surface area (Å²) in [6.45, 7) is 6.08. The molecule has 102 valence electrons. The molecule has 4 nitrogen and oxygen atoms in total. The maximum absolute atomic E-state index is 12.1. The molecule has 0 unspecified atom stereocenters. The SMILES string of the molecule is C#CC[C@H](OC(=O)c1cnn(C(C)(C)C)c1)C1CC1. The Morgan fingerprint density at radius 1 is 1.63 bits per heavy atom. The van der Waals surface area contributed by atoms with Crippen LogP contribution in [0.1, 0.15) is 50.4 Å². The lowest BCUT2D eigenvalue weighted by Crippen LogP contribution is -2.22. The molecule has 0 radical (unpaired) electrons. The highest BCUT2D eigenvalue weighted by molar-refractivity contribution is 5.88. The van der Waals surface area contributed by atoms with Gasteiger partial charge < -0.3 is 4.74 Å². The fourth-order valence-electron chi connectivity index (χ4n) is 1.89. The van der Waals surface area contributed by atoms with E-state index in [9.17, 15) is 4.79 Å². The van der Waals surface area contributed by atoms with E-state index < -0.39 is 0 Å². The minimum absolute atomic E-state index is 0.143. The summed E-state index contributed by atoms with van der Waals surface area (Å²) in [7, 11) is 0. The third-order valence-electron chi connectivity index (χ3n) is 3.23. The number of hydrogen-bond acceptors (Lipinski definition) is 3. The van der Waals surface area contributed by atoms with Crippen LogP contribution in [0.3, 0.4) is 0 Å². The lowest BCUT2D eigenvalue weighted by atomic mass is 10.1. The van der Waals surface area contributed by atoms with Crippen LogP contribution in [0.15, 0.2) is 12.4 Å². The predicted octanol–water partition coefficient (Wildman–Crippen LogP) is 2.60. The Morgan fingerprint density at radius 2 is 2.32 bits per heavy atom. The van der Waals surface area contributed by atoms with Crippen molar-refractivity contribution in [1.82, 2.24) is 9.78 Å². The molecule has 0 aromatic carbocycles. The molecule has 1 aliphatic carbocycles. The highest BCUT2D eigenvalue weighted by atomic mass is 16.5. The summed E-state index contributed by atoms with van der Waals surface area (Å²) in [5.74, 6) is 2.69. The topological polar surface area (TPSA) is 44.1 Å². The van der Waals surface area contributed by atoms with Crippen molar-refractivity contribution >= 4 is 5.97 Å². The summed E-state index contributed by atoms with van der Waals surface area (Å²) < 4.78 is 7.25. The molecule has 1 aromatic heterocycles. The minimum atomic E-state index is -0.331. The fourth-order valence-corrected chi connectivity index (χ4v) is 1.89. The second-order valence-electron chi connectivity index (χ2n) is 6.03. The van der Waals surface area contributed by atoms with Crippen LogP contribution in [0, 0.1) is 18.3 Å². The second-order valence-corrected chi connectivity index (χ2v) is 6.03. The lowest BCUT2D eigenvalue weighted by Gasteiger charge is -2.18. The number of rotatable bonds is 4. The molecule has 0 bridgehead atoms. The van der Waals surface area contributed by atoms with Crippen molar-refractivity contribution in [2.24, 2.45) is 5.92 Å². The fraction of sp³-hybridized carbons (Fsp3) is 0.600. The zero-order chi connectivity index (χ0) is 14.0. The van der Waals surface area contributed by atoms with Crippen molar-refractivity contribution in [2.45, 2.75) is 51.7 Å². The minimum Gasteiger partial charge on any atom is -0.457 e. The predicted molar refractivity (Wildman–Crippen MR) is 72.6 cm³/mol. The van der Waals surface area contributed by atoms with E-state index in [4.69, 9.17) is 11.2 Å². The van der Waals surface area contributed by atoms with Crippen LogP contribution in [0.2, 0.25) is 0 Å². The zero-order valence-electron chi connectivity index (χ0n) is 11.7. The maximum Gasteiger partial charge on any atom is 0.341 e. The standard InChI is InChI=1S/C15H20N2O2/c1-5-6-13(11-7-8-11)19-14(18)12-9-16-17(10-12)15(2,3)4/h1,9-11,13H,6-8H2,2-4H3/t13-/m0/s1. The molecule has 4 heteroatoms. The highest BCUT2D eigenvalue weighted by Crippen LogP contribution is 2.36. The van der Waals surface area contributed by atoms with Gasteiger partial charge in [-0.25, -0.2) is 4.79 Å². The van der Waals surface area contributed by atoms with E-state index in [-0.39, 0.29) is 17.6 Å². The number of hydrogen-bond donors (Lipinski definition) is 0. The van der Waals surface area contributed by atoms with Crippen LogP contribution in [0.5, 0.6) is 0 Å². The van der Waals surface area contributed by atoms with Crippen LogP contribution in [0.25, 0.3) is 0 Å². The van der Waals surface area contributed by atoms with Crippen LogP contribution in [-0.4, -0.2) is 21.9 Å². The van der Waals surface area contributed by atoms with Gasteiger partial charge in [0.15, 0.2) is 0 Å². The summed E-state index contributed by atoms with van der Waals surface area (Å²) >= 11 is 0. The number of esters is 1. The van der Waals surface area contributed by atoms with E-state index in [1.807, 2.05) is 20.8 Å². The van der Waals surface area contributed by atoms with Crippen LogP contribution < -0.4 is 0 Å². The molecule has 0 spiro atoms. The first kappa shape index (κ1) is 13.7. The first-order valence-corrected chi connectivity index (χ1v) is 6.61. The average Bonchev–Trinajstić information content (AvgIpc) is 3.03. The summed E-state index contributed by atoms with van der Waals surface area (Å²) in [6, 6.07) is 0. The largest absolute Gasteiger partial charge is 0.457 e.